The van der Waals surface area contributed by atoms with Gasteiger partial charge in [0.05, 0.1) is 12.8 Å². The summed E-state index contributed by atoms with van der Waals surface area (Å²) < 4.78 is 0. The predicted molar refractivity (Wildman–Crippen MR) is 67.3 cm³/mol. The van der Waals surface area contributed by atoms with E-state index in [1.807, 2.05) is 12.1 Å². The minimum Gasteiger partial charge on any atom is -0.481 e. The van der Waals surface area contributed by atoms with Crippen molar-refractivity contribution in [2.75, 3.05) is 11.9 Å². The average molecular weight is 248 g/mol. The Kier molecular flexibility index (Phi) is 2.86. The summed E-state index contributed by atoms with van der Waals surface area (Å²) in [5, 5.41) is 8.85. The zero-order valence-electron chi connectivity index (χ0n) is 10.4. The number of carbonyl (C=O) groups is 2. The minimum atomic E-state index is -0.936. The molecule has 1 aliphatic heterocycles. The first-order chi connectivity index (χ1) is 8.31. The van der Waals surface area contributed by atoms with Gasteiger partial charge >= 0.3 is 5.97 Å². The Morgan fingerprint density at radius 2 is 2.22 bits per heavy atom. The molecular weight excluding hydrogens is 232 g/mol. The molecule has 96 valence electrons. The fourth-order valence-electron chi connectivity index (χ4n) is 2.24. The second-order valence-corrected chi connectivity index (χ2v) is 4.96. The minimum absolute atomic E-state index is 0.0408. The van der Waals surface area contributed by atoms with Crippen molar-refractivity contribution in [3.8, 4) is 0 Å². The van der Waals surface area contributed by atoms with Crippen molar-refractivity contribution >= 4 is 17.6 Å². The standard InChI is InChI=1S/C13H16N2O3/c1-13(14,7-12(17)18)9-3-4-10-8(5-9)6-11(16)15(10)2/h3-5H,6-7,14H2,1-2H3,(H,17,18). The average Bonchev–Trinajstić information content (AvgIpc) is 2.52. The maximum Gasteiger partial charge on any atom is 0.305 e. The number of aliphatic carboxylic acids is 1. The molecule has 0 saturated carbocycles. The first-order valence-corrected chi connectivity index (χ1v) is 5.72. The van der Waals surface area contributed by atoms with Gasteiger partial charge in [0.1, 0.15) is 0 Å². The van der Waals surface area contributed by atoms with Crippen molar-refractivity contribution in [1.82, 2.24) is 0 Å². The molecule has 5 heteroatoms. The van der Waals surface area contributed by atoms with E-state index in [0.717, 1.165) is 16.8 Å². The Morgan fingerprint density at radius 3 is 2.83 bits per heavy atom. The molecule has 1 atom stereocenters. The van der Waals surface area contributed by atoms with Crippen LogP contribution in [0.3, 0.4) is 0 Å². The molecule has 0 fully saturated rings. The molecule has 1 amide bonds. The third kappa shape index (κ3) is 2.09. The monoisotopic (exact) mass is 248 g/mol. The smallest absolute Gasteiger partial charge is 0.305 e. The van der Waals surface area contributed by atoms with Gasteiger partial charge < -0.3 is 15.7 Å². The van der Waals surface area contributed by atoms with Gasteiger partial charge in [-0.15, -0.1) is 0 Å². The number of anilines is 1. The van der Waals surface area contributed by atoms with Crippen LogP contribution in [0.1, 0.15) is 24.5 Å². The summed E-state index contributed by atoms with van der Waals surface area (Å²) in [7, 11) is 1.73. The first kappa shape index (κ1) is 12.6. The zero-order chi connectivity index (χ0) is 13.5. The molecule has 0 radical (unpaired) electrons. The lowest BCUT2D eigenvalue weighted by Crippen LogP contribution is -2.35. The van der Waals surface area contributed by atoms with E-state index in [4.69, 9.17) is 10.8 Å². The van der Waals surface area contributed by atoms with Crippen molar-refractivity contribution in [2.45, 2.75) is 25.3 Å². The second kappa shape index (κ2) is 4.10. The molecular formula is C13H16N2O3. The van der Waals surface area contributed by atoms with Gasteiger partial charge in [0, 0.05) is 18.3 Å². The maximum absolute atomic E-state index is 11.6. The Hall–Kier alpha value is -1.88. The molecule has 1 heterocycles. The van der Waals surface area contributed by atoms with E-state index in [1.54, 1.807) is 24.9 Å². The van der Waals surface area contributed by atoms with Crippen molar-refractivity contribution in [3.63, 3.8) is 0 Å². The van der Waals surface area contributed by atoms with Crippen molar-refractivity contribution < 1.29 is 14.7 Å². The Labute approximate surface area is 105 Å². The van der Waals surface area contributed by atoms with Gasteiger partial charge in [-0.05, 0) is 24.1 Å². The number of nitrogens with two attached hydrogens (primary N) is 1. The Bertz CT molecular complexity index is 523. The highest BCUT2D eigenvalue weighted by molar-refractivity contribution is 6.00. The van der Waals surface area contributed by atoms with Crippen molar-refractivity contribution in [2.24, 2.45) is 5.73 Å². The van der Waals surface area contributed by atoms with E-state index < -0.39 is 11.5 Å². The van der Waals surface area contributed by atoms with E-state index in [0.29, 0.717) is 6.42 Å². The fraction of sp³-hybridized carbons (Fsp3) is 0.385. The summed E-state index contributed by atoms with van der Waals surface area (Å²) in [6, 6.07) is 5.44. The molecule has 2 rings (SSSR count). The number of rotatable bonds is 3. The van der Waals surface area contributed by atoms with Crippen LogP contribution in [-0.4, -0.2) is 24.0 Å². The quantitative estimate of drug-likeness (QED) is 0.830. The van der Waals surface area contributed by atoms with Gasteiger partial charge in [-0.3, -0.25) is 9.59 Å². The van der Waals surface area contributed by atoms with Gasteiger partial charge in [-0.1, -0.05) is 12.1 Å². The largest absolute Gasteiger partial charge is 0.481 e. The van der Waals surface area contributed by atoms with Gasteiger partial charge in [0.2, 0.25) is 5.91 Å². The highest BCUT2D eigenvalue weighted by Crippen LogP contribution is 2.32. The summed E-state index contributed by atoms with van der Waals surface area (Å²) in [4.78, 5) is 24.0. The molecule has 1 aliphatic rings. The molecule has 0 aromatic heterocycles. The van der Waals surface area contributed by atoms with Crippen LogP contribution in [-0.2, 0) is 21.5 Å². The molecule has 1 aromatic rings. The van der Waals surface area contributed by atoms with Gasteiger partial charge in [-0.2, -0.15) is 0 Å². The number of amides is 1. The second-order valence-electron chi connectivity index (χ2n) is 4.96. The van der Waals surface area contributed by atoms with E-state index in [-0.39, 0.29) is 12.3 Å². The van der Waals surface area contributed by atoms with Crippen molar-refractivity contribution in [1.29, 1.82) is 0 Å². The predicted octanol–water partition coefficient (Wildman–Crippen LogP) is 0.854. The molecule has 0 bridgehead atoms. The van der Waals surface area contributed by atoms with Crippen LogP contribution in [0.5, 0.6) is 0 Å². The molecule has 1 unspecified atom stereocenters. The molecule has 0 spiro atoms. The number of hydrogen-bond donors (Lipinski definition) is 2. The van der Waals surface area contributed by atoms with Gasteiger partial charge in [-0.25, -0.2) is 0 Å². The number of nitrogens with zero attached hydrogens (tertiary/aromatic N) is 1. The number of carboxylic acids is 1. The fourth-order valence-corrected chi connectivity index (χ4v) is 2.24. The SMILES string of the molecule is CN1C(=O)Cc2cc(C(C)(N)CC(=O)O)ccc21. The number of hydrogen-bond acceptors (Lipinski definition) is 3. The third-order valence-electron chi connectivity index (χ3n) is 3.33. The number of likely N-dealkylation sites (N-methyl/N-ethyl adjacent to an activating group) is 1. The normalized spacial score (nSPS) is 17.5. The number of benzene rings is 1. The molecule has 0 aliphatic carbocycles. The van der Waals surface area contributed by atoms with Crippen LogP contribution in [0.25, 0.3) is 0 Å². The molecule has 1 aromatic carbocycles. The van der Waals surface area contributed by atoms with Crippen LogP contribution in [0.4, 0.5) is 5.69 Å². The van der Waals surface area contributed by atoms with Crippen LogP contribution >= 0.6 is 0 Å². The summed E-state index contributed by atoms with van der Waals surface area (Å²) in [5.41, 5.74) is 7.61. The maximum atomic E-state index is 11.6. The van der Waals surface area contributed by atoms with Gasteiger partial charge in [0.15, 0.2) is 0 Å². The zero-order valence-corrected chi connectivity index (χ0v) is 10.4. The molecule has 18 heavy (non-hydrogen) atoms. The lowest BCUT2D eigenvalue weighted by molar-refractivity contribution is -0.138. The highest BCUT2D eigenvalue weighted by Gasteiger charge is 2.29. The van der Waals surface area contributed by atoms with Crippen LogP contribution in [0, 0.1) is 0 Å². The lowest BCUT2D eigenvalue weighted by atomic mass is 9.88. The first-order valence-electron chi connectivity index (χ1n) is 5.72. The van der Waals surface area contributed by atoms with Crippen LogP contribution < -0.4 is 10.6 Å². The molecule has 3 N–H and O–H groups in total. The number of carbonyl (C=O) groups excluding carboxylic acids is 1. The molecule has 5 nitrogen and oxygen atoms in total. The van der Waals surface area contributed by atoms with E-state index in [9.17, 15) is 9.59 Å². The Morgan fingerprint density at radius 1 is 1.56 bits per heavy atom. The summed E-state index contributed by atoms with van der Waals surface area (Å²) in [5.74, 6) is -0.896. The van der Waals surface area contributed by atoms with Gasteiger partial charge in [0.25, 0.3) is 0 Å². The number of carboxylic acid groups (broad SMARTS) is 1. The van der Waals surface area contributed by atoms with E-state index >= 15 is 0 Å². The highest BCUT2D eigenvalue weighted by atomic mass is 16.4. The molecule has 0 saturated heterocycles. The Balaban J connectivity index is 2.36. The number of fused-ring (bicyclic) bond motifs is 1. The van der Waals surface area contributed by atoms with E-state index in [2.05, 4.69) is 0 Å². The summed E-state index contributed by atoms with van der Waals surface area (Å²) in [6.07, 6.45) is 0.207. The topological polar surface area (TPSA) is 83.6 Å². The third-order valence-corrected chi connectivity index (χ3v) is 3.33. The van der Waals surface area contributed by atoms with E-state index in [1.165, 1.54) is 0 Å². The summed E-state index contributed by atoms with van der Waals surface area (Å²) in [6.45, 7) is 1.68. The summed E-state index contributed by atoms with van der Waals surface area (Å²) >= 11 is 0. The van der Waals surface area contributed by atoms with Crippen molar-refractivity contribution in [3.05, 3.63) is 29.3 Å². The van der Waals surface area contributed by atoms with Crippen LogP contribution in [0.2, 0.25) is 0 Å². The lowest BCUT2D eigenvalue weighted by Gasteiger charge is -2.24. The van der Waals surface area contributed by atoms with Crippen LogP contribution in [0.15, 0.2) is 18.2 Å².